The predicted octanol–water partition coefficient (Wildman–Crippen LogP) is 2.00. The Balaban J connectivity index is 0.00000225. The van der Waals surface area contributed by atoms with E-state index in [2.05, 4.69) is 0 Å². The van der Waals surface area contributed by atoms with Crippen LogP contribution in [-0.4, -0.2) is 14.2 Å². The summed E-state index contributed by atoms with van der Waals surface area (Å²) < 4.78 is 23.9. The highest BCUT2D eigenvalue weighted by Gasteiger charge is 2.18. The molecule has 5 heteroatoms. The maximum Gasteiger partial charge on any atom is 0.178 e. The van der Waals surface area contributed by atoms with Crippen LogP contribution < -0.4 is 5.73 Å². The van der Waals surface area contributed by atoms with Crippen LogP contribution in [0, 0.1) is 5.92 Å². The molecule has 0 saturated heterocycles. The van der Waals surface area contributed by atoms with Gasteiger partial charge in [0.25, 0.3) is 0 Å². The average Bonchev–Trinajstić information content (AvgIpc) is 2.16. The monoisotopic (exact) mass is 263 g/mol. The van der Waals surface area contributed by atoms with Crippen LogP contribution in [-0.2, 0) is 16.4 Å². The first-order chi connectivity index (χ1) is 6.97. The van der Waals surface area contributed by atoms with Gasteiger partial charge in [-0.3, -0.25) is 0 Å². The molecule has 16 heavy (non-hydrogen) atoms. The van der Waals surface area contributed by atoms with Gasteiger partial charge in [0.15, 0.2) is 9.84 Å². The fraction of sp³-hybridized carbons (Fsp3) is 0.455. The van der Waals surface area contributed by atoms with Gasteiger partial charge in [-0.05, 0) is 17.5 Å². The number of hydrogen-bond donors (Lipinski definition) is 1. The highest BCUT2D eigenvalue weighted by molar-refractivity contribution is 7.91. The molecule has 0 atom stereocenters. The van der Waals surface area contributed by atoms with Crippen LogP contribution in [0.1, 0.15) is 19.4 Å². The van der Waals surface area contributed by atoms with Gasteiger partial charge in [0.2, 0.25) is 0 Å². The quantitative estimate of drug-likeness (QED) is 0.904. The summed E-state index contributed by atoms with van der Waals surface area (Å²) in [6.07, 6.45) is 0. The second-order valence-corrected chi connectivity index (χ2v) is 5.99. The van der Waals surface area contributed by atoms with Crippen molar-refractivity contribution >= 4 is 22.2 Å². The highest BCUT2D eigenvalue weighted by Crippen LogP contribution is 2.18. The number of sulfone groups is 1. The van der Waals surface area contributed by atoms with Gasteiger partial charge in [0, 0.05) is 6.54 Å². The first-order valence-corrected chi connectivity index (χ1v) is 6.63. The van der Waals surface area contributed by atoms with Crippen molar-refractivity contribution in [3.63, 3.8) is 0 Å². The molecule has 0 aliphatic rings. The van der Waals surface area contributed by atoms with E-state index in [0.29, 0.717) is 10.5 Å². The molecule has 0 aromatic heterocycles. The summed E-state index contributed by atoms with van der Waals surface area (Å²) in [6, 6.07) is 6.91. The van der Waals surface area contributed by atoms with E-state index in [-0.39, 0.29) is 30.6 Å². The molecule has 0 radical (unpaired) electrons. The van der Waals surface area contributed by atoms with Crippen LogP contribution in [0.3, 0.4) is 0 Å². The van der Waals surface area contributed by atoms with Crippen molar-refractivity contribution in [2.45, 2.75) is 25.3 Å². The van der Waals surface area contributed by atoms with Crippen LogP contribution in [0.5, 0.6) is 0 Å². The molecule has 1 aromatic rings. The van der Waals surface area contributed by atoms with Crippen molar-refractivity contribution in [1.29, 1.82) is 0 Å². The maximum atomic E-state index is 12.0. The largest absolute Gasteiger partial charge is 0.326 e. The summed E-state index contributed by atoms with van der Waals surface area (Å²) in [7, 11) is -3.18. The Hall–Kier alpha value is -0.580. The third kappa shape index (κ3) is 3.77. The first-order valence-electron chi connectivity index (χ1n) is 4.98. The molecule has 1 rings (SSSR count). The fourth-order valence-electron chi connectivity index (χ4n) is 1.50. The summed E-state index contributed by atoms with van der Waals surface area (Å²) in [5, 5.41) is 0. The highest BCUT2D eigenvalue weighted by atomic mass is 35.5. The zero-order valence-corrected chi connectivity index (χ0v) is 11.1. The molecule has 92 valence electrons. The minimum atomic E-state index is -3.18. The van der Waals surface area contributed by atoms with Crippen molar-refractivity contribution in [1.82, 2.24) is 0 Å². The van der Waals surface area contributed by atoms with E-state index in [1.807, 2.05) is 13.8 Å². The summed E-state index contributed by atoms with van der Waals surface area (Å²) in [5.41, 5.74) is 6.21. The van der Waals surface area contributed by atoms with Crippen LogP contribution in [0.15, 0.2) is 29.2 Å². The smallest absolute Gasteiger partial charge is 0.178 e. The number of nitrogens with two attached hydrogens (primary N) is 1. The zero-order chi connectivity index (χ0) is 11.5. The Bertz CT molecular complexity index is 429. The van der Waals surface area contributed by atoms with E-state index < -0.39 is 9.84 Å². The molecule has 0 bridgehead atoms. The Morgan fingerprint density at radius 1 is 1.25 bits per heavy atom. The molecule has 0 amide bonds. The van der Waals surface area contributed by atoms with Gasteiger partial charge in [0.1, 0.15) is 0 Å². The van der Waals surface area contributed by atoms with Crippen LogP contribution in [0.2, 0.25) is 0 Å². The lowest BCUT2D eigenvalue weighted by molar-refractivity contribution is 0.581. The molecule has 3 nitrogen and oxygen atoms in total. The van der Waals surface area contributed by atoms with Gasteiger partial charge in [-0.25, -0.2) is 8.42 Å². The molecular weight excluding hydrogens is 246 g/mol. The Kier molecular flexibility index (Phi) is 6.00. The maximum absolute atomic E-state index is 12.0. The molecule has 0 spiro atoms. The van der Waals surface area contributed by atoms with Crippen LogP contribution >= 0.6 is 12.4 Å². The predicted molar refractivity (Wildman–Crippen MR) is 68.5 cm³/mol. The Morgan fingerprint density at radius 2 is 1.81 bits per heavy atom. The lowest BCUT2D eigenvalue weighted by Crippen LogP contribution is -2.15. The van der Waals surface area contributed by atoms with Crippen molar-refractivity contribution in [3.05, 3.63) is 29.8 Å². The molecular formula is C11H18ClNO2S. The number of halogens is 1. The normalized spacial score (nSPS) is 11.2. The van der Waals surface area contributed by atoms with Gasteiger partial charge < -0.3 is 5.73 Å². The summed E-state index contributed by atoms with van der Waals surface area (Å²) in [5.74, 6) is 0.296. The van der Waals surface area contributed by atoms with E-state index in [4.69, 9.17) is 5.73 Å². The molecule has 0 fully saturated rings. The van der Waals surface area contributed by atoms with E-state index in [1.165, 1.54) is 0 Å². The van der Waals surface area contributed by atoms with Gasteiger partial charge in [-0.2, -0.15) is 0 Å². The van der Waals surface area contributed by atoms with Gasteiger partial charge in [-0.1, -0.05) is 32.0 Å². The SMILES string of the molecule is CC(C)CS(=O)(=O)c1ccccc1CN.Cl. The van der Waals surface area contributed by atoms with E-state index in [9.17, 15) is 8.42 Å². The van der Waals surface area contributed by atoms with Crippen LogP contribution in [0.25, 0.3) is 0 Å². The number of hydrogen-bond acceptors (Lipinski definition) is 3. The molecule has 0 aliphatic heterocycles. The molecule has 0 saturated carbocycles. The van der Waals surface area contributed by atoms with Crippen molar-refractivity contribution in [2.24, 2.45) is 11.7 Å². The van der Waals surface area contributed by atoms with Crippen LogP contribution in [0.4, 0.5) is 0 Å². The van der Waals surface area contributed by atoms with Crippen molar-refractivity contribution in [3.8, 4) is 0 Å². The number of rotatable bonds is 4. The van der Waals surface area contributed by atoms with E-state index in [1.54, 1.807) is 24.3 Å². The second kappa shape index (κ2) is 6.23. The molecule has 0 heterocycles. The molecule has 1 aromatic carbocycles. The van der Waals surface area contributed by atoms with Gasteiger partial charge in [-0.15, -0.1) is 12.4 Å². The topological polar surface area (TPSA) is 60.2 Å². The molecule has 2 N–H and O–H groups in total. The second-order valence-electron chi connectivity index (χ2n) is 3.99. The number of benzene rings is 1. The Morgan fingerprint density at radius 3 is 2.31 bits per heavy atom. The standard InChI is InChI=1S/C11H17NO2S.ClH/c1-9(2)8-15(13,14)11-6-4-3-5-10(11)7-12;/h3-6,9H,7-8,12H2,1-2H3;1H. The van der Waals surface area contributed by atoms with E-state index >= 15 is 0 Å². The summed E-state index contributed by atoms with van der Waals surface area (Å²) in [6.45, 7) is 4.04. The molecule has 0 unspecified atom stereocenters. The fourth-order valence-corrected chi connectivity index (χ4v) is 3.40. The van der Waals surface area contributed by atoms with E-state index in [0.717, 1.165) is 0 Å². The average molecular weight is 264 g/mol. The molecule has 0 aliphatic carbocycles. The summed E-state index contributed by atoms with van der Waals surface area (Å²) in [4.78, 5) is 0.376. The Labute approximate surface area is 103 Å². The third-order valence-corrected chi connectivity index (χ3v) is 4.25. The van der Waals surface area contributed by atoms with Crippen molar-refractivity contribution < 1.29 is 8.42 Å². The first kappa shape index (κ1) is 15.4. The third-order valence-electron chi connectivity index (χ3n) is 2.08. The minimum absolute atomic E-state index is 0. The zero-order valence-electron chi connectivity index (χ0n) is 9.51. The lowest BCUT2D eigenvalue weighted by Gasteiger charge is -2.10. The van der Waals surface area contributed by atoms with Crippen molar-refractivity contribution in [2.75, 3.05) is 5.75 Å². The van der Waals surface area contributed by atoms with Gasteiger partial charge in [0.05, 0.1) is 10.6 Å². The van der Waals surface area contributed by atoms with Gasteiger partial charge >= 0.3 is 0 Å². The summed E-state index contributed by atoms with van der Waals surface area (Å²) >= 11 is 0. The minimum Gasteiger partial charge on any atom is -0.326 e. The lowest BCUT2D eigenvalue weighted by atomic mass is 10.2.